The molecule has 1 fully saturated rings. The van der Waals surface area contributed by atoms with Gasteiger partial charge in [0.2, 0.25) is 5.75 Å². The number of rotatable bonds is 6. The molecule has 0 bridgehead atoms. The Hall–Kier alpha value is -2.68. The Morgan fingerprint density at radius 2 is 1.76 bits per heavy atom. The van der Waals surface area contributed by atoms with Gasteiger partial charge >= 0.3 is 5.97 Å². The molecule has 2 rings (SSSR count). The molecular weight excluding hydrogens is 350 g/mol. The monoisotopic (exact) mass is 367 g/mol. The largest absolute Gasteiger partial charge is 0.493 e. The predicted octanol–water partition coefficient (Wildman–Crippen LogP) is 1.92. The summed E-state index contributed by atoms with van der Waals surface area (Å²) >= 11 is 0.735. The fourth-order valence-electron chi connectivity index (χ4n) is 2.21. The molecule has 1 heterocycles. The van der Waals surface area contributed by atoms with Crippen molar-refractivity contribution < 1.29 is 33.3 Å². The Morgan fingerprint density at radius 3 is 2.32 bits per heavy atom. The van der Waals surface area contributed by atoms with E-state index in [9.17, 15) is 14.4 Å². The molecule has 0 atom stereocenters. The number of methoxy groups -OCH3 is 4. The van der Waals surface area contributed by atoms with E-state index in [4.69, 9.17) is 14.2 Å². The van der Waals surface area contributed by atoms with Crippen molar-refractivity contribution in [1.29, 1.82) is 0 Å². The van der Waals surface area contributed by atoms with Crippen LogP contribution in [-0.2, 0) is 14.3 Å². The van der Waals surface area contributed by atoms with Crippen molar-refractivity contribution in [3.8, 4) is 17.2 Å². The molecule has 1 aromatic carbocycles. The zero-order chi connectivity index (χ0) is 18.6. The lowest BCUT2D eigenvalue weighted by molar-refractivity contribution is -0.143. The lowest BCUT2D eigenvalue weighted by Gasteiger charge is -2.14. The molecule has 0 N–H and O–H groups in total. The van der Waals surface area contributed by atoms with E-state index in [-0.39, 0.29) is 4.91 Å². The second-order valence-corrected chi connectivity index (χ2v) is 5.76. The smallest absolute Gasteiger partial charge is 0.325 e. The maximum Gasteiger partial charge on any atom is 0.325 e. The summed E-state index contributed by atoms with van der Waals surface area (Å²) in [7, 11) is 5.60. The van der Waals surface area contributed by atoms with E-state index in [1.807, 2.05) is 0 Å². The fourth-order valence-corrected chi connectivity index (χ4v) is 3.04. The van der Waals surface area contributed by atoms with Crippen molar-refractivity contribution in [2.75, 3.05) is 35.0 Å². The molecule has 134 valence electrons. The van der Waals surface area contributed by atoms with Crippen molar-refractivity contribution in [2.24, 2.45) is 0 Å². The molecule has 9 heteroatoms. The highest BCUT2D eigenvalue weighted by Gasteiger charge is 2.36. The van der Waals surface area contributed by atoms with Gasteiger partial charge in [-0.3, -0.25) is 19.3 Å². The summed E-state index contributed by atoms with van der Waals surface area (Å²) in [6.45, 7) is -0.429. The van der Waals surface area contributed by atoms with Gasteiger partial charge < -0.3 is 18.9 Å². The zero-order valence-electron chi connectivity index (χ0n) is 14.2. The van der Waals surface area contributed by atoms with Crippen LogP contribution < -0.4 is 14.2 Å². The first kappa shape index (κ1) is 18.7. The molecule has 0 radical (unpaired) electrons. The highest BCUT2D eigenvalue weighted by molar-refractivity contribution is 8.18. The van der Waals surface area contributed by atoms with Crippen LogP contribution in [0.15, 0.2) is 17.0 Å². The Morgan fingerprint density at radius 1 is 1.08 bits per heavy atom. The van der Waals surface area contributed by atoms with Crippen molar-refractivity contribution in [3.63, 3.8) is 0 Å². The van der Waals surface area contributed by atoms with Crippen LogP contribution in [0, 0.1) is 0 Å². The Bertz CT molecular complexity index is 744. The summed E-state index contributed by atoms with van der Waals surface area (Å²) in [4.78, 5) is 36.6. The molecule has 8 nitrogen and oxygen atoms in total. The molecule has 0 aromatic heterocycles. The van der Waals surface area contributed by atoms with Gasteiger partial charge in [0.05, 0.1) is 33.3 Å². The summed E-state index contributed by atoms with van der Waals surface area (Å²) in [5.74, 6) is -0.0473. The minimum Gasteiger partial charge on any atom is -0.493 e. The minimum absolute atomic E-state index is 0.166. The number of thioether (sulfide) groups is 1. The molecule has 0 unspecified atom stereocenters. The summed E-state index contributed by atoms with van der Waals surface area (Å²) < 4.78 is 20.3. The van der Waals surface area contributed by atoms with Crippen LogP contribution >= 0.6 is 11.8 Å². The molecular formula is C16H17NO7S. The van der Waals surface area contributed by atoms with Gasteiger partial charge in [-0.05, 0) is 30.0 Å². The first-order valence-electron chi connectivity index (χ1n) is 7.08. The zero-order valence-corrected chi connectivity index (χ0v) is 15.0. The Kier molecular flexibility index (Phi) is 5.92. The van der Waals surface area contributed by atoms with E-state index in [0.717, 1.165) is 16.7 Å². The van der Waals surface area contributed by atoms with Crippen LogP contribution in [0.25, 0.3) is 6.08 Å². The molecule has 1 saturated heterocycles. The second kappa shape index (κ2) is 7.93. The van der Waals surface area contributed by atoms with Gasteiger partial charge in [0.1, 0.15) is 6.54 Å². The molecule has 0 aliphatic carbocycles. The third-order valence-electron chi connectivity index (χ3n) is 3.41. The number of benzene rings is 1. The maximum absolute atomic E-state index is 12.4. The number of nitrogens with zero attached hydrogens (tertiary/aromatic N) is 1. The van der Waals surface area contributed by atoms with E-state index in [2.05, 4.69) is 4.74 Å². The number of ether oxygens (including phenoxy) is 4. The molecule has 0 spiro atoms. The quantitative estimate of drug-likeness (QED) is 0.556. The van der Waals surface area contributed by atoms with E-state index in [1.165, 1.54) is 34.5 Å². The summed E-state index contributed by atoms with van der Waals surface area (Å²) in [6, 6.07) is 3.33. The van der Waals surface area contributed by atoms with E-state index in [0.29, 0.717) is 22.8 Å². The summed E-state index contributed by atoms with van der Waals surface area (Å²) in [5.41, 5.74) is 0.531. The van der Waals surface area contributed by atoms with Gasteiger partial charge in [-0.25, -0.2) is 0 Å². The minimum atomic E-state index is -0.674. The predicted molar refractivity (Wildman–Crippen MR) is 90.8 cm³/mol. The van der Waals surface area contributed by atoms with Gasteiger partial charge in [-0.2, -0.15) is 0 Å². The van der Waals surface area contributed by atoms with Gasteiger partial charge in [-0.15, -0.1) is 0 Å². The average Bonchev–Trinajstić information content (AvgIpc) is 2.88. The van der Waals surface area contributed by atoms with Crippen molar-refractivity contribution >= 4 is 35.0 Å². The lowest BCUT2D eigenvalue weighted by Crippen LogP contribution is -2.34. The SMILES string of the molecule is COC(=O)CN1C(=O)S/C(=C\c2ccc(OC)c(OC)c2OC)C1=O. The Balaban J connectivity index is 2.39. The number of carbonyl (C=O) groups excluding carboxylic acids is 3. The first-order valence-corrected chi connectivity index (χ1v) is 7.89. The van der Waals surface area contributed by atoms with Crippen LogP contribution in [0.4, 0.5) is 4.79 Å². The van der Waals surface area contributed by atoms with Gasteiger partial charge in [0.15, 0.2) is 11.5 Å². The summed E-state index contributed by atoms with van der Waals surface area (Å²) in [5, 5.41) is -0.541. The molecule has 25 heavy (non-hydrogen) atoms. The Labute approximate surface area is 148 Å². The van der Waals surface area contributed by atoms with Crippen LogP contribution in [0.1, 0.15) is 5.56 Å². The van der Waals surface area contributed by atoms with Crippen molar-refractivity contribution in [2.45, 2.75) is 0 Å². The lowest BCUT2D eigenvalue weighted by atomic mass is 10.1. The average molecular weight is 367 g/mol. The van der Waals surface area contributed by atoms with Crippen molar-refractivity contribution in [3.05, 3.63) is 22.6 Å². The van der Waals surface area contributed by atoms with Gasteiger partial charge in [0, 0.05) is 5.56 Å². The number of hydrogen-bond donors (Lipinski definition) is 0. The highest BCUT2D eigenvalue weighted by atomic mass is 32.2. The number of carbonyl (C=O) groups is 3. The normalized spacial score (nSPS) is 15.5. The molecule has 1 aliphatic heterocycles. The van der Waals surface area contributed by atoms with Crippen molar-refractivity contribution in [1.82, 2.24) is 4.90 Å². The van der Waals surface area contributed by atoms with Gasteiger partial charge in [-0.1, -0.05) is 0 Å². The standard InChI is InChI=1S/C16H17NO7S/c1-21-10-6-5-9(13(23-3)14(10)24-4)7-11-15(19)17(16(20)25-11)8-12(18)22-2/h5-7H,8H2,1-4H3/b11-7-. The first-order chi connectivity index (χ1) is 12.0. The number of imide groups is 1. The van der Waals surface area contributed by atoms with E-state index < -0.39 is 23.7 Å². The number of hydrogen-bond acceptors (Lipinski definition) is 8. The molecule has 1 aromatic rings. The molecule has 2 amide bonds. The van der Waals surface area contributed by atoms with Gasteiger partial charge in [0.25, 0.3) is 11.1 Å². The van der Waals surface area contributed by atoms with E-state index in [1.54, 1.807) is 12.1 Å². The fraction of sp³-hybridized carbons (Fsp3) is 0.312. The maximum atomic E-state index is 12.4. The topological polar surface area (TPSA) is 91.4 Å². The number of esters is 1. The second-order valence-electron chi connectivity index (χ2n) is 4.77. The summed E-state index contributed by atoms with van der Waals surface area (Å²) in [6.07, 6.45) is 1.50. The third-order valence-corrected chi connectivity index (χ3v) is 4.32. The van der Waals surface area contributed by atoms with Crippen LogP contribution in [0.3, 0.4) is 0 Å². The molecule has 1 aliphatic rings. The van der Waals surface area contributed by atoms with Crippen LogP contribution in [0.2, 0.25) is 0 Å². The third kappa shape index (κ3) is 3.71. The van der Waals surface area contributed by atoms with E-state index >= 15 is 0 Å². The number of amides is 2. The van der Waals surface area contributed by atoms with Crippen LogP contribution in [0.5, 0.6) is 17.2 Å². The highest BCUT2D eigenvalue weighted by Crippen LogP contribution is 2.42. The molecule has 0 saturated carbocycles. The van der Waals surface area contributed by atoms with Crippen LogP contribution in [-0.4, -0.2) is 57.0 Å².